The lowest BCUT2D eigenvalue weighted by Gasteiger charge is -2.17. The standard InChI is InChI=1S/C13H18F3N3O/c1-19(8-2-3-8)5-4-18-11-7-12(20-13(15)16)9(14)6-10(11)17/h6-8,13,18H,2-5,17H2,1H3. The van der Waals surface area contributed by atoms with Crippen LogP contribution in [0.1, 0.15) is 12.8 Å². The van der Waals surface area contributed by atoms with Gasteiger partial charge < -0.3 is 20.7 Å². The number of alkyl halides is 2. The molecule has 0 saturated heterocycles. The molecule has 20 heavy (non-hydrogen) atoms. The smallest absolute Gasteiger partial charge is 0.387 e. The first-order valence-electron chi connectivity index (χ1n) is 6.45. The van der Waals surface area contributed by atoms with Crippen molar-refractivity contribution in [1.29, 1.82) is 0 Å². The van der Waals surface area contributed by atoms with Crippen molar-refractivity contribution >= 4 is 11.4 Å². The summed E-state index contributed by atoms with van der Waals surface area (Å²) in [7, 11) is 2.03. The van der Waals surface area contributed by atoms with Gasteiger partial charge in [0, 0.05) is 31.3 Å². The Hall–Kier alpha value is -1.63. The maximum atomic E-state index is 13.4. The SMILES string of the molecule is CN(CCNc1cc(OC(F)F)c(F)cc1N)C1CC1. The summed E-state index contributed by atoms with van der Waals surface area (Å²) in [6, 6.07) is 2.78. The molecule has 0 radical (unpaired) electrons. The van der Waals surface area contributed by atoms with Gasteiger partial charge in [-0.1, -0.05) is 0 Å². The molecule has 1 aliphatic carbocycles. The topological polar surface area (TPSA) is 50.5 Å². The molecule has 0 atom stereocenters. The van der Waals surface area contributed by atoms with Gasteiger partial charge in [-0.15, -0.1) is 0 Å². The highest BCUT2D eigenvalue weighted by atomic mass is 19.3. The Balaban J connectivity index is 1.95. The minimum Gasteiger partial charge on any atom is -0.432 e. The first-order valence-corrected chi connectivity index (χ1v) is 6.45. The minimum atomic E-state index is -3.07. The number of hydrogen-bond donors (Lipinski definition) is 2. The molecule has 1 aromatic rings. The lowest BCUT2D eigenvalue weighted by molar-refractivity contribution is -0.0521. The number of nitrogens with zero attached hydrogens (tertiary/aromatic N) is 1. The fourth-order valence-electron chi connectivity index (χ4n) is 1.97. The molecular weight excluding hydrogens is 271 g/mol. The molecule has 1 fully saturated rings. The molecule has 1 aromatic carbocycles. The van der Waals surface area contributed by atoms with E-state index >= 15 is 0 Å². The van der Waals surface area contributed by atoms with Crippen LogP contribution >= 0.6 is 0 Å². The van der Waals surface area contributed by atoms with Crippen LogP contribution in [-0.2, 0) is 0 Å². The first kappa shape index (κ1) is 14.8. The highest BCUT2D eigenvalue weighted by Crippen LogP contribution is 2.29. The number of anilines is 2. The zero-order chi connectivity index (χ0) is 14.7. The van der Waals surface area contributed by atoms with Crippen molar-refractivity contribution in [2.24, 2.45) is 0 Å². The molecule has 4 nitrogen and oxygen atoms in total. The summed E-state index contributed by atoms with van der Waals surface area (Å²) in [4.78, 5) is 2.21. The summed E-state index contributed by atoms with van der Waals surface area (Å²) in [5.41, 5.74) is 6.21. The first-order chi connectivity index (χ1) is 9.47. The van der Waals surface area contributed by atoms with Gasteiger partial charge in [-0.2, -0.15) is 8.78 Å². The predicted molar refractivity (Wildman–Crippen MR) is 71.6 cm³/mol. The molecule has 0 bridgehead atoms. The summed E-state index contributed by atoms with van der Waals surface area (Å²) in [5.74, 6) is -1.41. The second-order valence-electron chi connectivity index (χ2n) is 4.89. The number of rotatable bonds is 7. The van der Waals surface area contributed by atoms with Crippen LogP contribution in [0.2, 0.25) is 0 Å². The Morgan fingerprint density at radius 2 is 2.15 bits per heavy atom. The summed E-state index contributed by atoms with van der Waals surface area (Å²) < 4.78 is 41.8. The van der Waals surface area contributed by atoms with Crippen LogP contribution in [0.5, 0.6) is 5.75 Å². The lowest BCUT2D eigenvalue weighted by Crippen LogP contribution is -2.27. The quantitative estimate of drug-likeness (QED) is 0.757. The molecule has 0 aliphatic heterocycles. The van der Waals surface area contributed by atoms with E-state index in [0.29, 0.717) is 18.3 Å². The summed E-state index contributed by atoms with van der Waals surface area (Å²) in [6.07, 6.45) is 2.42. The van der Waals surface area contributed by atoms with Crippen LogP contribution in [0.25, 0.3) is 0 Å². The third kappa shape index (κ3) is 3.93. The fraction of sp³-hybridized carbons (Fsp3) is 0.538. The molecule has 0 unspecified atom stereocenters. The average Bonchev–Trinajstić information content (AvgIpc) is 3.18. The number of benzene rings is 1. The van der Waals surface area contributed by atoms with E-state index in [1.807, 2.05) is 7.05 Å². The van der Waals surface area contributed by atoms with Gasteiger partial charge >= 0.3 is 6.61 Å². The van der Waals surface area contributed by atoms with Crippen LogP contribution in [0, 0.1) is 5.82 Å². The number of likely N-dealkylation sites (N-methyl/N-ethyl adjacent to an activating group) is 1. The fourth-order valence-corrected chi connectivity index (χ4v) is 1.97. The van der Waals surface area contributed by atoms with Crippen LogP contribution < -0.4 is 15.8 Å². The van der Waals surface area contributed by atoms with E-state index in [4.69, 9.17) is 5.73 Å². The molecule has 1 saturated carbocycles. The highest BCUT2D eigenvalue weighted by molar-refractivity contribution is 5.68. The van der Waals surface area contributed by atoms with E-state index in [9.17, 15) is 13.2 Å². The van der Waals surface area contributed by atoms with Crippen molar-refractivity contribution in [1.82, 2.24) is 4.90 Å². The van der Waals surface area contributed by atoms with Crippen molar-refractivity contribution in [2.75, 3.05) is 31.2 Å². The summed E-state index contributed by atoms with van der Waals surface area (Å²) in [6.45, 7) is -1.68. The van der Waals surface area contributed by atoms with Crippen LogP contribution in [0.15, 0.2) is 12.1 Å². The van der Waals surface area contributed by atoms with Gasteiger partial charge in [0.05, 0.1) is 11.4 Å². The molecule has 0 spiro atoms. The molecule has 2 rings (SSSR count). The average molecular weight is 289 g/mol. The van der Waals surface area contributed by atoms with E-state index < -0.39 is 18.2 Å². The number of ether oxygens (including phenoxy) is 1. The van der Waals surface area contributed by atoms with Gasteiger partial charge in [0.15, 0.2) is 11.6 Å². The zero-order valence-electron chi connectivity index (χ0n) is 11.2. The predicted octanol–water partition coefficient (Wildman–Crippen LogP) is 2.52. The Morgan fingerprint density at radius 1 is 1.45 bits per heavy atom. The second-order valence-corrected chi connectivity index (χ2v) is 4.89. The van der Waals surface area contributed by atoms with E-state index in [-0.39, 0.29) is 5.69 Å². The van der Waals surface area contributed by atoms with E-state index in [1.165, 1.54) is 12.8 Å². The van der Waals surface area contributed by atoms with E-state index in [2.05, 4.69) is 15.0 Å². The molecule has 0 aromatic heterocycles. The number of nitrogens with one attached hydrogen (secondary N) is 1. The van der Waals surface area contributed by atoms with Crippen molar-refractivity contribution in [3.63, 3.8) is 0 Å². The van der Waals surface area contributed by atoms with Crippen molar-refractivity contribution in [2.45, 2.75) is 25.5 Å². The molecule has 112 valence electrons. The second kappa shape index (κ2) is 6.21. The van der Waals surface area contributed by atoms with Crippen LogP contribution in [-0.4, -0.2) is 37.7 Å². The lowest BCUT2D eigenvalue weighted by atomic mass is 10.2. The molecule has 3 N–H and O–H groups in total. The maximum Gasteiger partial charge on any atom is 0.387 e. The number of halogens is 3. The third-order valence-electron chi connectivity index (χ3n) is 3.27. The van der Waals surface area contributed by atoms with Gasteiger partial charge in [-0.3, -0.25) is 0 Å². The van der Waals surface area contributed by atoms with Crippen molar-refractivity contribution < 1.29 is 17.9 Å². The third-order valence-corrected chi connectivity index (χ3v) is 3.27. The minimum absolute atomic E-state index is 0.165. The summed E-state index contributed by atoms with van der Waals surface area (Å²) >= 11 is 0. The number of nitrogen functional groups attached to an aromatic ring is 1. The number of nitrogens with two attached hydrogens (primary N) is 1. The Labute approximate surface area is 115 Å². The number of hydrogen-bond acceptors (Lipinski definition) is 4. The van der Waals surface area contributed by atoms with Crippen LogP contribution in [0.3, 0.4) is 0 Å². The Morgan fingerprint density at radius 3 is 2.75 bits per heavy atom. The normalized spacial score (nSPS) is 14.9. The highest BCUT2D eigenvalue weighted by Gasteiger charge is 2.25. The van der Waals surface area contributed by atoms with Gasteiger partial charge in [0.2, 0.25) is 0 Å². The molecular formula is C13H18F3N3O. The zero-order valence-corrected chi connectivity index (χ0v) is 11.2. The molecule has 0 heterocycles. The maximum absolute atomic E-state index is 13.4. The van der Waals surface area contributed by atoms with Gasteiger partial charge in [0.25, 0.3) is 0 Å². The molecule has 7 heteroatoms. The molecule has 0 amide bonds. The monoisotopic (exact) mass is 289 g/mol. The largest absolute Gasteiger partial charge is 0.432 e. The van der Waals surface area contributed by atoms with E-state index in [0.717, 1.165) is 18.7 Å². The summed E-state index contributed by atoms with van der Waals surface area (Å²) in [5, 5.41) is 3.01. The van der Waals surface area contributed by atoms with Crippen molar-refractivity contribution in [3.05, 3.63) is 17.9 Å². The van der Waals surface area contributed by atoms with Crippen LogP contribution in [0.4, 0.5) is 24.5 Å². The Bertz CT molecular complexity index is 466. The van der Waals surface area contributed by atoms with Crippen molar-refractivity contribution in [3.8, 4) is 5.75 Å². The van der Waals surface area contributed by atoms with Gasteiger partial charge in [-0.25, -0.2) is 4.39 Å². The van der Waals surface area contributed by atoms with E-state index in [1.54, 1.807) is 0 Å². The van der Waals surface area contributed by atoms with Gasteiger partial charge in [0.1, 0.15) is 0 Å². The van der Waals surface area contributed by atoms with Gasteiger partial charge in [-0.05, 0) is 19.9 Å². The Kier molecular flexibility index (Phi) is 4.59. The molecule has 1 aliphatic rings.